The third kappa shape index (κ3) is 4.02. The summed E-state index contributed by atoms with van der Waals surface area (Å²) in [6.07, 6.45) is 1.79. The molecule has 1 atom stereocenters. The average Bonchev–Trinajstić information content (AvgIpc) is 2.55. The molecule has 1 unspecified atom stereocenters. The number of hydrogen-bond donors (Lipinski definition) is 0. The topological polar surface area (TPSA) is 89.5 Å². The first-order chi connectivity index (χ1) is 11.5. The highest BCUT2D eigenvalue weighted by atomic mass is 35.5. The second-order valence-corrected chi connectivity index (χ2v) is 5.44. The van der Waals surface area contributed by atoms with Crippen LogP contribution in [0.4, 0.5) is 0 Å². The van der Waals surface area contributed by atoms with Crippen LogP contribution in [0.1, 0.15) is 12.5 Å². The predicted octanol–water partition coefficient (Wildman–Crippen LogP) is 2.93. The van der Waals surface area contributed by atoms with E-state index in [-0.39, 0.29) is 23.1 Å². The molecule has 0 saturated heterocycles. The molecule has 0 fully saturated rings. The first-order valence-electron chi connectivity index (χ1n) is 6.99. The molecule has 0 saturated carbocycles. The van der Waals surface area contributed by atoms with Gasteiger partial charge in [0.15, 0.2) is 5.43 Å². The van der Waals surface area contributed by atoms with Crippen molar-refractivity contribution in [1.29, 1.82) is 5.26 Å². The van der Waals surface area contributed by atoms with Crippen molar-refractivity contribution in [1.82, 2.24) is 0 Å². The lowest BCUT2D eigenvalue weighted by molar-refractivity contribution is -0.145. The summed E-state index contributed by atoms with van der Waals surface area (Å²) in [7, 11) is 1.47. The van der Waals surface area contributed by atoms with Crippen LogP contribution in [-0.2, 0) is 14.3 Å². The number of esters is 1. The Kier molecular flexibility index (Phi) is 5.74. The summed E-state index contributed by atoms with van der Waals surface area (Å²) in [5.74, 6) is -0.840. The maximum atomic E-state index is 12.4. The van der Waals surface area contributed by atoms with E-state index in [0.717, 1.165) is 6.08 Å². The molecule has 0 bridgehead atoms. The van der Waals surface area contributed by atoms with E-state index in [4.69, 9.17) is 30.8 Å². The summed E-state index contributed by atoms with van der Waals surface area (Å²) in [6, 6.07) is 6.35. The summed E-state index contributed by atoms with van der Waals surface area (Å²) in [5, 5.41) is 9.78. The average molecular weight is 348 g/mol. The molecule has 0 N–H and O–H groups in total. The minimum atomic E-state index is -0.840. The molecule has 2 aromatic rings. The van der Waals surface area contributed by atoms with E-state index in [1.54, 1.807) is 25.1 Å². The fourth-order valence-corrected chi connectivity index (χ4v) is 2.20. The van der Waals surface area contributed by atoms with Gasteiger partial charge in [0.1, 0.15) is 29.6 Å². The lowest BCUT2D eigenvalue weighted by Gasteiger charge is -2.11. The maximum Gasteiger partial charge on any atom is 0.349 e. The molecule has 7 heteroatoms. The van der Waals surface area contributed by atoms with Crippen molar-refractivity contribution in [2.24, 2.45) is 0 Å². The van der Waals surface area contributed by atoms with Crippen LogP contribution in [0.15, 0.2) is 39.2 Å². The monoisotopic (exact) mass is 347 g/mol. The van der Waals surface area contributed by atoms with Gasteiger partial charge in [0.05, 0.1) is 17.6 Å². The van der Waals surface area contributed by atoms with Crippen molar-refractivity contribution in [2.45, 2.75) is 13.0 Å². The molecule has 1 aromatic heterocycles. The quantitative estimate of drug-likeness (QED) is 0.469. The minimum absolute atomic E-state index is 0.0534. The number of hydrogen-bond acceptors (Lipinski definition) is 6. The number of nitriles is 1. The fraction of sp³-hybridized carbons (Fsp3) is 0.235. The molecule has 1 aromatic carbocycles. The number of benzene rings is 1. The van der Waals surface area contributed by atoms with Gasteiger partial charge in [-0.2, -0.15) is 5.26 Å². The largest absolute Gasteiger partial charge is 0.463 e. The van der Waals surface area contributed by atoms with E-state index in [0.29, 0.717) is 10.6 Å². The number of methoxy groups -OCH3 is 1. The molecule has 124 valence electrons. The molecule has 2 rings (SSSR count). The van der Waals surface area contributed by atoms with E-state index in [9.17, 15) is 9.59 Å². The van der Waals surface area contributed by atoms with Crippen molar-refractivity contribution < 1.29 is 18.7 Å². The van der Waals surface area contributed by atoms with Crippen LogP contribution >= 0.6 is 11.6 Å². The molecule has 0 aliphatic heterocycles. The summed E-state index contributed by atoms with van der Waals surface area (Å²) < 4.78 is 15.3. The minimum Gasteiger partial charge on any atom is -0.463 e. The standard InChI is InChI=1S/C17H14ClNO5/c1-10(8-22-2)24-17(21)11(7-19)5-12-9-23-15-4-3-13(18)6-14(15)16(12)20/h3-6,9-10H,8H2,1-2H3/b11-5+. The number of halogens is 1. The lowest BCUT2D eigenvalue weighted by Crippen LogP contribution is -2.20. The zero-order valence-electron chi connectivity index (χ0n) is 13.0. The fourth-order valence-electron chi connectivity index (χ4n) is 2.03. The highest BCUT2D eigenvalue weighted by Crippen LogP contribution is 2.18. The van der Waals surface area contributed by atoms with Gasteiger partial charge >= 0.3 is 5.97 Å². The van der Waals surface area contributed by atoms with Crippen LogP contribution in [0.2, 0.25) is 5.02 Å². The van der Waals surface area contributed by atoms with Crippen LogP contribution in [0.25, 0.3) is 17.0 Å². The number of fused-ring (bicyclic) bond motifs is 1. The number of rotatable bonds is 5. The van der Waals surface area contributed by atoms with E-state index >= 15 is 0 Å². The van der Waals surface area contributed by atoms with Crippen LogP contribution in [0, 0.1) is 11.3 Å². The van der Waals surface area contributed by atoms with Gasteiger partial charge in [0.25, 0.3) is 0 Å². The van der Waals surface area contributed by atoms with Gasteiger partial charge in [-0.05, 0) is 31.2 Å². The Morgan fingerprint density at radius 1 is 1.50 bits per heavy atom. The lowest BCUT2D eigenvalue weighted by atomic mass is 10.1. The first-order valence-corrected chi connectivity index (χ1v) is 7.37. The van der Waals surface area contributed by atoms with Crippen LogP contribution in [-0.4, -0.2) is 25.8 Å². The zero-order valence-corrected chi connectivity index (χ0v) is 13.8. The van der Waals surface area contributed by atoms with Gasteiger partial charge in [-0.3, -0.25) is 4.79 Å². The molecular weight excluding hydrogens is 334 g/mol. The summed E-state index contributed by atoms with van der Waals surface area (Å²) in [6.45, 7) is 1.82. The number of nitrogens with zero attached hydrogens (tertiary/aromatic N) is 1. The van der Waals surface area contributed by atoms with Crippen molar-refractivity contribution in [3.05, 3.63) is 50.8 Å². The number of carbonyl (C=O) groups excluding carboxylic acids is 1. The highest BCUT2D eigenvalue weighted by molar-refractivity contribution is 6.31. The van der Waals surface area contributed by atoms with Crippen molar-refractivity contribution in [3.8, 4) is 6.07 Å². The Morgan fingerprint density at radius 2 is 2.25 bits per heavy atom. The van der Waals surface area contributed by atoms with E-state index < -0.39 is 17.5 Å². The Bertz CT molecular complexity index is 894. The molecule has 0 aliphatic rings. The van der Waals surface area contributed by atoms with E-state index in [1.165, 1.54) is 19.4 Å². The molecular formula is C17H14ClNO5. The van der Waals surface area contributed by atoms with Crippen molar-refractivity contribution in [3.63, 3.8) is 0 Å². The van der Waals surface area contributed by atoms with Gasteiger partial charge in [0, 0.05) is 12.1 Å². The second kappa shape index (κ2) is 7.77. The van der Waals surface area contributed by atoms with Crippen LogP contribution in [0.5, 0.6) is 0 Å². The maximum absolute atomic E-state index is 12.4. The molecule has 0 aliphatic carbocycles. The van der Waals surface area contributed by atoms with E-state index in [1.807, 2.05) is 0 Å². The van der Waals surface area contributed by atoms with Gasteiger partial charge in [-0.15, -0.1) is 0 Å². The zero-order chi connectivity index (χ0) is 17.7. The SMILES string of the molecule is COCC(C)OC(=O)/C(C#N)=C/c1coc2ccc(Cl)cc2c1=O. The Hall–Kier alpha value is -2.62. The van der Waals surface area contributed by atoms with Crippen LogP contribution in [0.3, 0.4) is 0 Å². The Balaban J connectivity index is 2.39. The third-order valence-corrected chi connectivity index (χ3v) is 3.35. The molecule has 0 amide bonds. The summed E-state index contributed by atoms with van der Waals surface area (Å²) >= 11 is 5.88. The Morgan fingerprint density at radius 3 is 2.92 bits per heavy atom. The normalized spacial score (nSPS) is 12.7. The summed E-state index contributed by atoms with van der Waals surface area (Å²) in [5.41, 5.74) is -0.301. The van der Waals surface area contributed by atoms with Gasteiger partial charge in [0.2, 0.25) is 0 Å². The molecule has 6 nitrogen and oxygen atoms in total. The van der Waals surface area contributed by atoms with Gasteiger partial charge < -0.3 is 13.9 Å². The van der Waals surface area contributed by atoms with E-state index in [2.05, 4.69) is 0 Å². The summed E-state index contributed by atoms with van der Waals surface area (Å²) in [4.78, 5) is 24.4. The number of ether oxygens (including phenoxy) is 2. The van der Waals surface area contributed by atoms with Crippen LogP contribution < -0.4 is 5.43 Å². The Labute approximate surface area is 142 Å². The third-order valence-electron chi connectivity index (χ3n) is 3.11. The smallest absolute Gasteiger partial charge is 0.349 e. The highest BCUT2D eigenvalue weighted by Gasteiger charge is 2.16. The van der Waals surface area contributed by atoms with Crippen molar-refractivity contribution in [2.75, 3.05) is 13.7 Å². The first kappa shape index (κ1) is 17.7. The van der Waals surface area contributed by atoms with Gasteiger partial charge in [-0.1, -0.05) is 11.6 Å². The molecule has 24 heavy (non-hydrogen) atoms. The van der Waals surface area contributed by atoms with Crippen molar-refractivity contribution >= 4 is 34.6 Å². The molecule has 0 radical (unpaired) electrons. The molecule has 1 heterocycles. The second-order valence-electron chi connectivity index (χ2n) is 5.00. The van der Waals surface area contributed by atoms with Gasteiger partial charge in [-0.25, -0.2) is 4.79 Å². The predicted molar refractivity (Wildman–Crippen MR) is 88.5 cm³/mol. The molecule has 0 spiro atoms. The number of carbonyl (C=O) groups is 1.